The molecule has 0 saturated heterocycles. The highest BCUT2D eigenvalue weighted by molar-refractivity contribution is 6.05. The highest BCUT2D eigenvalue weighted by atomic mass is 19.4. The van der Waals surface area contributed by atoms with E-state index in [0.29, 0.717) is 11.4 Å². The fourth-order valence-corrected chi connectivity index (χ4v) is 4.34. The van der Waals surface area contributed by atoms with E-state index in [1.54, 1.807) is 0 Å². The second-order valence-corrected chi connectivity index (χ2v) is 10.7. The molecule has 0 atom stereocenters. The predicted octanol–water partition coefficient (Wildman–Crippen LogP) is 10.4. The van der Waals surface area contributed by atoms with Gasteiger partial charge in [-0.1, -0.05) is 91.8 Å². The Balaban J connectivity index is 2.64. The lowest BCUT2D eigenvalue weighted by Gasteiger charge is -2.19. The molecule has 2 aromatic carbocycles. The molecular weight excluding hydrogens is 445 g/mol. The van der Waals surface area contributed by atoms with E-state index in [4.69, 9.17) is 9.98 Å². The first-order valence-electron chi connectivity index (χ1n) is 12.6. The molecule has 0 aliphatic heterocycles. The van der Waals surface area contributed by atoms with Crippen LogP contribution in [-0.2, 0) is 0 Å². The number of rotatable bonds is 9. The summed E-state index contributed by atoms with van der Waals surface area (Å²) in [7, 11) is 0. The molecule has 0 N–H and O–H groups in total. The summed E-state index contributed by atoms with van der Waals surface area (Å²) >= 11 is 0. The van der Waals surface area contributed by atoms with Crippen LogP contribution in [0, 0.1) is 0 Å². The number of halogens is 3. The highest BCUT2D eigenvalue weighted by Gasteiger charge is 2.30. The molecule has 0 unspecified atom stereocenters. The van der Waals surface area contributed by atoms with Crippen LogP contribution < -0.4 is 0 Å². The van der Waals surface area contributed by atoms with Crippen molar-refractivity contribution >= 4 is 22.8 Å². The van der Waals surface area contributed by atoms with Crippen molar-refractivity contribution in [3.05, 3.63) is 58.7 Å². The van der Waals surface area contributed by atoms with E-state index < -0.39 is 12.6 Å². The summed E-state index contributed by atoms with van der Waals surface area (Å²) in [6.45, 7) is 18.4. The van der Waals surface area contributed by atoms with Crippen molar-refractivity contribution in [3.63, 3.8) is 0 Å². The summed E-state index contributed by atoms with van der Waals surface area (Å²) in [5, 5.41) is 0. The second-order valence-electron chi connectivity index (χ2n) is 10.7. The van der Waals surface area contributed by atoms with Gasteiger partial charge >= 0.3 is 6.18 Å². The van der Waals surface area contributed by atoms with Gasteiger partial charge in [-0.15, -0.1) is 0 Å². The summed E-state index contributed by atoms with van der Waals surface area (Å²) in [4.78, 5) is 9.60. The van der Waals surface area contributed by atoms with Crippen LogP contribution in [-0.4, -0.2) is 17.6 Å². The van der Waals surface area contributed by atoms with Crippen molar-refractivity contribution < 1.29 is 13.2 Å². The molecule has 2 aromatic rings. The van der Waals surface area contributed by atoms with Crippen LogP contribution >= 0.6 is 0 Å². The maximum atomic E-state index is 13.6. The lowest BCUT2D eigenvalue weighted by atomic mass is 9.92. The first kappa shape index (κ1) is 28.8. The SMILES string of the molecule is CC(CC(CC(F)(F)F)=Nc1c(C(C)C)cccc1C(C)C)=Nc1c(C(C)C)cccc1C(C)C. The van der Waals surface area contributed by atoms with Crippen molar-refractivity contribution in [2.24, 2.45) is 9.98 Å². The monoisotopic (exact) mass is 486 g/mol. The Morgan fingerprint density at radius 1 is 0.657 bits per heavy atom. The van der Waals surface area contributed by atoms with E-state index in [1.165, 1.54) is 0 Å². The Bertz CT molecular complexity index is 1010. The molecule has 0 spiro atoms. The smallest absolute Gasteiger partial charge is 0.257 e. The van der Waals surface area contributed by atoms with E-state index in [0.717, 1.165) is 27.9 Å². The summed E-state index contributed by atoms with van der Waals surface area (Å²) in [5.41, 5.74) is 6.45. The number of hydrogen-bond acceptors (Lipinski definition) is 2. The van der Waals surface area contributed by atoms with Crippen LogP contribution in [0.25, 0.3) is 0 Å². The molecule has 0 heterocycles. The van der Waals surface area contributed by atoms with Gasteiger partial charge in [-0.2, -0.15) is 13.2 Å². The first-order chi connectivity index (χ1) is 16.2. The summed E-state index contributed by atoms with van der Waals surface area (Å²) in [6, 6.07) is 12.1. The average molecular weight is 487 g/mol. The zero-order chi connectivity index (χ0) is 26.5. The van der Waals surface area contributed by atoms with E-state index in [2.05, 4.69) is 39.8 Å². The fourth-order valence-electron chi connectivity index (χ4n) is 4.34. The Labute approximate surface area is 209 Å². The molecule has 0 aromatic heterocycles. The molecule has 0 aliphatic rings. The van der Waals surface area contributed by atoms with Crippen molar-refractivity contribution in [2.75, 3.05) is 0 Å². The topological polar surface area (TPSA) is 24.7 Å². The Morgan fingerprint density at radius 3 is 1.31 bits per heavy atom. The maximum Gasteiger partial charge on any atom is 0.394 e. The van der Waals surface area contributed by atoms with Gasteiger partial charge in [-0.3, -0.25) is 9.98 Å². The van der Waals surface area contributed by atoms with Crippen LogP contribution in [0.5, 0.6) is 0 Å². The zero-order valence-electron chi connectivity index (χ0n) is 22.7. The third-order valence-corrected chi connectivity index (χ3v) is 6.12. The van der Waals surface area contributed by atoms with Crippen molar-refractivity contribution in [2.45, 2.75) is 105 Å². The molecule has 0 aliphatic carbocycles. The maximum absolute atomic E-state index is 13.6. The minimum atomic E-state index is -4.34. The molecule has 2 rings (SSSR count). The Morgan fingerprint density at radius 2 is 1.00 bits per heavy atom. The molecular formula is C30H41F3N2. The number of benzene rings is 2. The van der Waals surface area contributed by atoms with Crippen molar-refractivity contribution in [1.29, 1.82) is 0 Å². The molecule has 0 amide bonds. The number of nitrogens with zero attached hydrogens (tertiary/aromatic N) is 2. The lowest BCUT2D eigenvalue weighted by Crippen LogP contribution is -2.17. The predicted molar refractivity (Wildman–Crippen MR) is 144 cm³/mol. The lowest BCUT2D eigenvalue weighted by molar-refractivity contribution is -0.121. The van der Waals surface area contributed by atoms with Gasteiger partial charge in [0.1, 0.15) is 0 Å². The quantitative estimate of drug-likeness (QED) is 0.315. The Kier molecular flexibility index (Phi) is 9.88. The molecule has 5 heteroatoms. The summed E-state index contributed by atoms with van der Waals surface area (Å²) in [5.74, 6) is 0.826. The van der Waals surface area contributed by atoms with Crippen molar-refractivity contribution in [1.82, 2.24) is 0 Å². The summed E-state index contributed by atoms with van der Waals surface area (Å²) < 4.78 is 40.9. The normalized spacial score (nSPS) is 13.6. The van der Waals surface area contributed by atoms with E-state index in [1.807, 2.05) is 58.9 Å². The fraction of sp³-hybridized carbons (Fsp3) is 0.533. The van der Waals surface area contributed by atoms with Gasteiger partial charge in [0.25, 0.3) is 0 Å². The second kappa shape index (κ2) is 12.0. The minimum absolute atomic E-state index is 0.0768. The average Bonchev–Trinajstić information content (AvgIpc) is 2.71. The largest absolute Gasteiger partial charge is 0.394 e. The standard InChI is InChI=1S/C30H41F3N2/c1-18(2)24-12-10-13-25(19(3)4)28(24)34-22(9)16-23(17-30(31,32)33)35-29-26(20(5)6)14-11-15-27(29)21(7)8/h10-15,18-21H,16-17H2,1-9H3. The van der Waals surface area contributed by atoms with Crippen LogP contribution in [0.2, 0.25) is 0 Å². The van der Waals surface area contributed by atoms with Crippen LogP contribution in [0.1, 0.15) is 121 Å². The Hall–Kier alpha value is -2.43. The number of aliphatic imine (C=N–C) groups is 2. The number of para-hydroxylation sites is 2. The van der Waals surface area contributed by atoms with Gasteiger partial charge < -0.3 is 0 Å². The molecule has 0 radical (unpaired) electrons. The zero-order valence-corrected chi connectivity index (χ0v) is 22.7. The minimum Gasteiger partial charge on any atom is -0.257 e. The van der Waals surface area contributed by atoms with E-state index in [9.17, 15) is 13.2 Å². The molecule has 0 fully saturated rings. The molecule has 35 heavy (non-hydrogen) atoms. The van der Waals surface area contributed by atoms with E-state index >= 15 is 0 Å². The third-order valence-electron chi connectivity index (χ3n) is 6.12. The number of alkyl halides is 3. The van der Waals surface area contributed by atoms with Gasteiger partial charge in [0.05, 0.1) is 17.8 Å². The van der Waals surface area contributed by atoms with Crippen LogP contribution in [0.3, 0.4) is 0 Å². The summed E-state index contributed by atoms with van der Waals surface area (Å²) in [6.07, 6.45) is -5.32. The molecule has 192 valence electrons. The van der Waals surface area contributed by atoms with Crippen molar-refractivity contribution in [3.8, 4) is 0 Å². The third kappa shape index (κ3) is 8.05. The highest BCUT2D eigenvalue weighted by Crippen LogP contribution is 2.37. The van der Waals surface area contributed by atoms with Gasteiger partial charge in [-0.25, -0.2) is 0 Å². The van der Waals surface area contributed by atoms with Crippen LogP contribution in [0.4, 0.5) is 24.5 Å². The van der Waals surface area contributed by atoms with Crippen LogP contribution in [0.15, 0.2) is 46.4 Å². The van der Waals surface area contributed by atoms with Gasteiger partial charge in [0.15, 0.2) is 0 Å². The van der Waals surface area contributed by atoms with E-state index in [-0.39, 0.29) is 35.8 Å². The van der Waals surface area contributed by atoms with Gasteiger partial charge in [-0.05, 0) is 52.8 Å². The molecule has 0 bridgehead atoms. The van der Waals surface area contributed by atoms with Gasteiger partial charge in [0.2, 0.25) is 0 Å². The van der Waals surface area contributed by atoms with Gasteiger partial charge in [0, 0.05) is 17.8 Å². The number of hydrogen-bond donors (Lipinski definition) is 0. The molecule has 0 saturated carbocycles. The first-order valence-corrected chi connectivity index (χ1v) is 12.6. The molecule has 2 nitrogen and oxygen atoms in total.